The van der Waals surface area contributed by atoms with Crippen LogP contribution >= 0.6 is 0 Å². The standard InChI is InChI=1S/C13H21NSi/c1-14(11-8-12-15(2,3)4)13-9-6-5-7-10-13/h5-11H,12H2,1-4H3/b11-8-. The van der Waals surface area contributed by atoms with Crippen molar-refractivity contribution in [3.05, 3.63) is 42.6 Å². The Morgan fingerprint density at radius 3 is 2.27 bits per heavy atom. The molecule has 0 amide bonds. The zero-order chi connectivity index (χ0) is 11.3. The molecule has 0 bridgehead atoms. The van der Waals surface area contributed by atoms with Gasteiger partial charge in [-0.1, -0.05) is 43.9 Å². The summed E-state index contributed by atoms with van der Waals surface area (Å²) < 4.78 is 0. The van der Waals surface area contributed by atoms with Crippen molar-refractivity contribution in [3.63, 3.8) is 0 Å². The zero-order valence-corrected chi connectivity index (χ0v) is 11.2. The molecule has 0 N–H and O–H groups in total. The van der Waals surface area contributed by atoms with E-state index in [-0.39, 0.29) is 0 Å². The molecule has 1 aromatic carbocycles. The average molecular weight is 219 g/mol. The predicted octanol–water partition coefficient (Wildman–Crippen LogP) is 3.97. The van der Waals surface area contributed by atoms with Gasteiger partial charge in [0.25, 0.3) is 0 Å². The first kappa shape index (κ1) is 12.0. The van der Waals surface area contributed by atoms with Crippen LogP contribution in [0.4, 0.5) is 5.69 Å². The number of hydrogen-bond acceptors (Lipinski definition) is 1. The highest BCUT2D eigenvalue weighted by atomic mass is 28.3. The number of hydrogen-bond donors (Lipinski definition) is 0. The third-order valence-electron chi connectivity index (χ3n) is 2.22. The predicted molar refractivity (Wildman–Crippen MR) is 72.1 cm³/mol. The van der Waals surface area contributed by atoms with Crippen molar-refractivity contribution >= 4 is 13.8 Å². The van der Waals surface area contributed by atoms with Crippen molar-refractivity contribution in [1.82, 2.24) is 0 Å². The van der Waals surface area contributed by atoms with Crippen LogP contribution in [0.15, 0.2) is 42.6 Å². The van der Waals surface area contributed by atoms with Crippen LogP contribution in [-0.4, -0.2) is 15.1 Å². The van der Waals surface area contributed by atoms with Gasteiger partial charge >= 0.3 is 0 Å². The lowest BCUT2D eigenvalue weighted by Gasteiger charge is -2.16. The molecule has 1 nitrogen and oxygen atoms in total. The van der Waals surface area contributed by atoms with Gasteiger partial charge in [-0.25, -0.2) is 0 Å². The van der Waals surface area contributed by atoms with Crippen LogP contribution in [-0.2, 0) is 0 Å². The van der Waals surface area contributed by atoms with E-state index in [1.807, 2.05) is 6.07 Å². The van der Waals surface area contributed by atoms with E-state index in [1.165, 1.54) is 11.7 Å². The summed E-state index contributed by atoms with van der Waals surface area (Å²) in [5.74, 6) is 0. The first-order chi connectivity index (χ1) is 6.99. The highest BCUT2D eigenvalue weighted by Gasteiger charge is 2.09. The maximum atomic E-state index is 2.39. The fraction of sp³-hybridized carbons (Fsp3) is 0.385. The summed E-state index contributed by atoms with van der Waals surface area (Å²) in [6.07, 6.45) is 4.47. The molecule has 0 unspecified atom stereocenters. The van der Waals surface area contributed by atoms with E-state index in [0.29, 0.717) is 0 Å². The molecule has 0 heterocycles. The van der Waals surface area contributed by atoms with Gasteiger partial charge < -0.3 is 4.90 Å². The Morgan fingerprint density at radius 2 is 1.73 bits per heavy atom. The monoisotopic (exact) mass is 219 g/mol. The third-order valence-corrected chi connectivity index (χ3v) is 3.68. The van der Waals surface area contributed by atoms with E-state index in [4.69, 9.17) is 0 Å². The van der Waals surface area contributed by atoms with E-state index < -0.39 is 8.07 Å². The van der Waals surface area contributed by atoms with Crippen molar-refractivity contribution in [2.24, 2.45) is 0 Å². The number of anilines is 1. The number of benzene rings is 1. The summed E-state index contributed by atoms with van der Waals surface area (Å²) in [6, 6.07) is 11.7. The van der Waals surface area contributed by atoms with Gasteiger partial charge in [0.05, 0.1) is 0 Å². The molecule has 15 heavy (non-hydrogen) atoms. The van der Waals surface area contributed by atoms with Crippen molar-refractivity contribution in [2.75, 3.05) is 11.9 Å². The molecule has 0 radical (unpaired) electrons. The summed E-state index contributed by atoms with van der Waals surface area (Å²) in [4.78, 5) is 2.17. The Labute approximate surface area is 94.4 Å². The molecule has 82 valence electrons. The van der Waals surface area contributed by atoms with E-state index in [0.717, 1.165) is 0 Å². The summed E-state index contributed by atoms with van der Waals surface area (Å²) >= 11 is 0. The minimum absolute atomic E-state index is 0.938. The van der Waals surface area contributed by atoms with Crippen molar-refractivity contribution in [1.29, 1.82) is 0 Å². The summed E-state index contributed by atoms with van der Waals surface area (Å²) in [7, 11) is 1.15. The third kappa shape index (κ3) is 4.84. The van der Waals surface area contributed by atoms with E-state index in [9.17, 15) is 0 Å². The SMILES string of the molecule is CN(/C=C\C[Si](C)(C)C)c1ccccc1. The summed E-state index contributed by atoms with van der Waals surface area (Å²) in [5.41, 5.74) is 1.24. The quantitative estimate of drug-likeness (QED) is 0.693. The van der Waals surface area contributed by atoms with Crippen LogP contribution in [0.3, 0.4) is 0 Å². The Kier molecular flexibility index (Phi) is 4.15. The van der Waals surface area contributed by atoms with Gasteiger partial charge in [-0.2, -0.15) is 0 Å². The highest BCUT2D eigenvalue weighted by molar-refractivity contribution is 6.76. The zero-order valence-electron chi connectivity index (χ0n) is 10.2. The molecular weight excluding hydrogens is 198 g/mol. The van der Waals surface area contributed by atoms with Crippen LogP contribution < -0.4 is 4.90 Å². The maximum Gasteiger partial charge on any atom is 0.0480 e. The molecule has 0 saturated carbocycles. The van der Waals surface area contributed by atoms with Crippen LogP contribution in [0.2, 0.25) is 25.7 Å². The van der Waals surface area contributed by atoms with Crippen LogP contribution in [0.5, 0.6) is 0 Å². The molecule has 0 aliphatic heterocycles. The maximum absolute atomic E-state index is 2.39. The second kappa shape index (κ2) is 5.17. The van der Waals surface area contributed by atoms with Gasteiger partial charge in [0, 0.05) is 20.8 Å². The molecule has 2 heteroatoms. The van der Waals surface area contributed by atoms with Crippen LogP contribution in [0.1, 0.15) is 0 Å². The van der Waals surface area contributed by atoms with Gasteiger partial charge in [-0.05, 0) is 24.4 Å². The van der Waals surface area contributed by atoms with E-state index in [2.05, 4.69) is 68.1 Å². The fourth-order valence-electron chi connectivity index (χ4n) is 1.31. The normalized spacial score (nSPS) is 12.0. The molecule has 0 aliphatic carbocycles. The molecule has 0 fully saturated rings. The molecule has 0 saturated heterocycles. The molecule has 1 aromatic rings. The molecule has 1 rings (SSSR count). The van der Waals surface area contributed by atoms with Gasteiger partial charge in [-0.15, -0.1) is 0 Å². The van der Waals surface area contributed by atoms with E-state index in [1.54, 1.807) is 0 Å². The number of nitrogens with zero attached hydrogens (tertiary/aromatic N) is 1. The fourth-order valence-corrected chi connectivity index (χ4v) is 2.13. The first-order valence-electron chi connectivity index (χ1n) is 5.43. The molecule has 0 atom stereocenters. The largest absolute Gasteiger partial charge is 0.351 e. The molecule has 0 spiro atoms. The van der Waals surface area contributed by atoms with Crippen LogP contribution in [0, 0.1) is 0 Å². The summed E-state index contributed by atoms with van der Waals surface area (Å²) in [6.45, 7) is 7.17. The lowest BCUT2D eigenvalue weighted by Crippen LogP contribution is -2.18. The number of allylic oxidation sites excluding steroid dienone is 1. The Morgan fingerprint density at radius 1 is 1.13 bits per heavy atom. The minimum Gasteiger partial charge on any atom is -0.351 e. The Bertz CT molecular complexity index is 311. The Hall–Kier alpha value is -1.02. The van der Waals surface area contributed by atoms with E-state index >= 15 is 0 Å². The minimum atomic E-state index is -0.938. The highest BCUT2D eigenvalue weighted by Crippen LogP contribution is 2.13. The lowest BCUT2D eigenvalue weighted by molar-refractivity contribution is 1.19. The second-order valence-electron chi connectivity index (χ2n) is 5.10. The second-order valence-corrected chi connectivity index (χ2v) is 10.6. The molecule has 0 aliphatic rings. The van der Waals surface area contributed by atoms with Crippen molar-refractivity contribution in [3.8, 4) is 0 Å². The van der Waals surface area contributed by atoms with Gasteiger partial charge in [0.1, 0.15) is 0 Å². The van der Waals surface area contributed by atoms with Crippen molar-refractivity contribution in [2.45, 2.75) is 25.7 Å². The lowest BCUT2D eigenvalue weighted by atomic mass is 10.3. The number of para-hydroxylation sites is 1. The molecule has 0 aromatic heterocycles. The summed E-state index contributed by atoms with van der Waals surface area (Å²) in [5, 5.41) is 0. The topological polar surface area (TPSA) is 3.24 Å². The van der Waals surface area contributed by atoms with Gasteiger partial charge in [0.15, 0.2) is 0 Å². The van der Waals surface area contributed by atoms with Crippen molar-refractivity contribution < 1.29 is 0 Å². The first-order valence-corrected chi connectivity index (χ1v) is 9.14. The smallest absolute Gasteiger partial charge is 0.0480 e. The van der Waals surface area contributed by atoms with Crippen LogP contribution in [0.25, 0.3) is 0 Å². The Balaban J connectivity index is 2.53. The average Bonchev–Trinajstić information content (AvgIpc) is 2.17. The number of rotatable bonds is 4. The van der Waals surface area contributed by atoms with Gasteiger partial charge in [0.2, 0.25) is 0 Å². The molecular formula is C13H21NSi. The van der Waals surface area contributed by atoms with Gasteiger partial charge in [-0.3, -0.25) is 0 Å².